The minimum Gasteiger partial charge on any atom is -0.494 e. The van der Waals surface area contributed by atoms with Crippen LogP contribution in [0.25, 0.3) is 0 Å². The molecule has 0 bridgehead atoms. The number of nitrogens with zero attached hydrogens (tertiary/aromatic N) is 1. The monoisotopic (exact) mass is 334 g/mol. The molecule has 6 heteroatoms. The summed E-state index contributed by atoms with van der Waals surface area (Å²) >= 11 is 0. The number of carbonyl (C=O) groups excluding carboxylic acids is 2. The number of alkyl carbamates (subject to hydrolysis) is 1. The summed E-state index contributed by atoms with van der Waals surface area (Å²) in [4.78, 5) is 25.8. The van der Waals surface area contributed by atoms with E-state index in [0.29, 0.717) is 31.8 Å². The molecule has 1 aromatic rings. The third-order valence-corrected chi connectivity index (χ3v) is 3.48. The van der Waals surface area contributed by atoms with Crippen LogP contribution in [0.3, 0.4) is 0 Å². The molecule has 0 fully saturated rings. The molecule has 1 N–H and O–H groups in total. The first-order valence-corrected chi connectivity index (χ1v) is 8.32. The smallest absolute Gasteiger partial charge is 0.407 e. The second-order valence-corrected chi connectivity index (χ2v) is 6.82. The standard InChI is InChI=1S/C18H26N2O4/c1-5-10-23-14-7-6-13-12-20(16(21)15(13)11-14)9-8-19-17(22)24-18(2,3)4/h6-7,11H,5,8-10,12H2,1-4H3,(H,19,22). The van der Waals surface area contributed by atoms with Crippen molar-refractivity contribution in [1.29, 1.82) is 0 Å². The van der Waals surface area contributed by atoms with E-state index in [1.54, 1.807) is 11.0 Å². The largest absolute Gasteiger partial charge is 0.494 e. The molecule has 132 valence electrons. The fourth-order valence-electron chi connectivity index (χ4n) is 2.44. The molecule has 0 saturated carbocycles. The van der Waals surface area contributed by atoms with Crippen LogP contribution >= 0.6 is 0 Å². The summed E-state index contributed by atoms with van der Waals surface area (Å²) < 4.78 is 10.8. The van der Waals surface area contributed by atoms with Crippen molar-refractivity contribution < 1.29 is 19.1 Å². The number of fused-ring (bicyclic) bond motifs is 1. The molecule has 0 spiro atoms. The van der Waals surface area contributed by atoms with Crippen LogP contribution in [0.1, 0.15) is 50.0 Å². The molecule has 0 atom stereocenters. The Kier molecular flexibility index (Phi) is 5.70. The second kappa shape index (κ2) is 7.55. The fraction of sp³-hybridized carbons (Fsp3) is 0.556. The topological polar surface area (TPSA) is 67.9 Å². The van der Waals surface area contributed by atoms with E-state index in [4.69, 9.17) is 9.47 Å². The molecule has 1 aliphatic heterocycles. The Bertz CT molecular complexity index is 608. The zero-order valence-electron chi connectivity index (χ0n) is 14.8. The molecule has 2 rings (SSSR count). The van der Waals surface area contributed by atoms with Crippen LogP contribution in [0.4, 0.5) is 4.79 Å². The molecule has 0 aliphatic carbocycles. The highest BCUT2D eigenvalue weighted by Crippen LogP contribution is 2.26. The Hall–Kier alpha value is -2.24. The Balaban J connectivity index is 1.86. The van der Waals surface area contributed by atoms with E-state index in [1.165, 1.54) is 0 Å². The number of rotatable bonds is 6. The minimum absolute atomic E-state index is 0.0297. The molecule has 6 nitrogen and oxygen atoms in total. The summed E-state index contributed by atoms with van der Waals surface area (Å²) in [5, 5.41) is 2.67. The Morgan fingerprint density at radius 1 is 1.33 bits per heavy atom. The number of nitrogens with one attached hydrogen (secondary N) is 1. The van der Waals surface area contributed by atoms with E-state index >= 15 is 0 Å². The summed E-state index contributed by atoms with van der Waals surface area (Å²) in [6.45, 7) is 9.46. The van der Waals surface area contributed by atoms with Crippen molar-refractivity contribution in [3.05, 3.63) is 29.3 Å². The van der Waals surface area contributed by atoms with Gasteiger partial charge in [0.1, 0.15) is 11.4 Å². The van der Waals surface area contributed by atoms with Crippen molar-refractivity contribution in [2.24, 2.45) is 0 Å². The summed E-state index contributed by atoms with van der Waals surface area (Å²) in [7, 11) is 0. The average molecular weight is 334 g/mol. The van der Waals surface area contributed by atoms with Gasteiger partial charge < -0.3 is 19.7 Å². The predicted molar refractivity (Wildman–Crippen MR) is 91.2 cm³/mol. The normalized spacial score (nSPS) is 13.7. The van der Waals surface area contributed by atoms with Crippen LogP contribution in [-0.2, 0) is 11.3 Å². The highest BCUT2D eigenvalue weighted by Gasteiger charge is 2.27. The molecule has 0 saturated heterocycles. The van der Waals surface area contributed by atoms with Gasteiger partial charge in [0, 0.05) is 25.2 Å². The maximum atomic E-state index is 12.5. The first-order chi connectivity index (χ1) is 11.3. The van der Waals surface area contributed by atoms with Crippen molar-refractivity contribution in [3.63, 3.8) is 0 Å². The van der Waals surface area contributed by atoms with E-state index < -0.39 is 11.7 Å². The van der Waals surface area contributed by atoms with E-state index in [0.717, 1.165) is 17.7 Å². The van der Waals surface area contributed by atoms with Gasteiger partial charge in [-0.3, -0.25) is 4.79 Å². The van der Waals surface area contributed by atoms with Gasteiger partial charge in [0.25, 0.3) is 5.91 Å². The summed E-state index contributed by atoms with van der Waals surface area (Å²) in [6, 6.07) is 5.62. The fourth-order valence-corrected chi connectivity index (χ4v) is 2.44. The van der Waals surface area contributed by atoms with Crippen molar-refractivity contribution >= 4 is 12.0 Å². The van der Waals surface area contributed by atoms with Crippen LogP contribution < -0.4 is 10.1 Å². The number of ether oxygens (including phenoxy) is 2. The predicted octanol–water partition coefficient (Wildman–Crippen LogP) is 2.96. The van der Waals surface area contributed by atoms with Gasteiger partial charge in [-0.2, -0.15) is 0 Å². The van der Waals surface area contributed by atoms with E-state index in [1.807, 2.05) is 39.8 Å². The lowest BCUT2D eigenvalue weighted by Crippen LogP contribution is -2.38. The zero-order chi connectivity index (χ0) is 17.7. The molecular formula is C18H26N2O4. The maximum Gasteiger partial charge on any atom is 0.407 e. The number of benzene rings is 1. The summed E-state index contributed by atoms with van der Waals surface area (Å²) in [5.74, 6) is 0.690. The SMILES string of the molecule is CCCOc1ccc2c(c1)C(=O)N(CCNC(=O)OC(C)(C)C)C2. The lowest BCUT2D eigenvalue weighted by Gasteiger charge is -2.21. The third-order valence-electron chi connectivity index (χ3n) is 3.48. The van der Waals surface area contributed by atoms with Crippen molar-refractivity contribution in [2.75, 3.05) is 19.7 Å². The molecule has 0 aromatic heterocycles. The van der Waals surface area contributed by atoms with E-state index in [2.05, 4.69) is 5.32 Å². The lowest BCUT2D eigenvalue weighted by molar-refractivity contribution is 0.0515. The molecule has 24 heavy (non-hydrogen) atoms. The molecule has 0 radical (unpaired) electrons. The van der Waals surface area contributed by atoms with Gasteiger partial charge in [0.05, 0.1) is 6.61 Å². The molecular weight excluding hydrogens is 308 g/mol. The maximum absolute atomic E-state index is 12.5. The van der Waals surface area contributed by atoms with Gasteiger partial charge in [-0.25, -0.2) is 4.79 Å². The highest BCUT2D eigenvalue weighted by molar-refractivity contribution is 5.98. The first kappa shape index (κ1) is 18.1. The molecule has 0 unspecified atom stereocenters. The Morgan fingerprint density at radius 3 is 2.75 bits per heavy atom. The summed E-state index contributed by atoms with van der Waals surface area (Å²) in [6.07, 6.45) is 0.454. The molecule has 1 aliphatic rings. The van der Waals surface area contributed by atoms with Crippen LogP contribution in [0.2, 0.25) is 0 Å². The van der Waals surface area contributed by atoms with Crippen molar-refractivity contribution in [2.45, 2.75) is 46.3 Å². The molecule has 2 amide bonds. The van der Waals surface area contributed by atoms with Crippen LogP contribution in [-0.4, -0.2) is 42.2 Å². The van der Waals surface area contributed by atoms with Crippen molar-refractivity contribution in [1.82, 2.24) is 10.2 Å². The van der Waals surface area contributed by atoms with Crippen LogP contribution in [0.15, 0.2) is 18.2 Å². The number of amides is 2. The van der Waals surface area contributed by atoms with Crippen LogP contribution in [0, 0.1) is 0 Å². The quantitative estimate of drug-likeness (QED) is 0.868. The average Bonchev–Trinajstić information content (AvgIpc) is 2.80. The highest BCUT2D eigenvalue weighted by atomic mass is 16.6. The number of carbonyl (C=O) groups is 2. The second-order valence-electron chi connectivity index (χ2n) is 6.82. The van der Waals surface area contributed by atoms with Crippen molar-refractivity contribution in [3.8, 4) is 5.75 Å². The zero-order valence-corrected chi connectivity index (χ0v) is 14.8. The minimum atomic E-state index is -0.529. The number of hydrogen-bond acceptors (Lipinski definition) is 4. The molecule has 1 heterocycles. The van der Waals surface area contributed by atoms with Gasteiger partial charge in [-0.05, 0) is 44.9 Å². The lowest BCUT2D eigenvalue weighted by atomic mass is 10.1. The van der Waals surface area contributed by atoms with E-state index in [-0.39, 0.29) is 5.91 Å². The number of hydrogen-bond donors (Lipinski definition) is 1. The summed E-state index contributed by atoms with van der Waals surface area (Å²) in [5.41, 5.74) is 1.14. The Morgan fingerprint density at radius 2 is 2.08 bits per heavy atom. The first-order valence-electron chi connectivity index (χ1n) is 8.32. The van der Waals surface area contributed by atoms with Gasteiger partial charge in [0.15, 0.2) is 0 Å². The van der Waals surface area contributed by atoms with Gasteiger partial charge in [-0.1, -0.05) is 13.0 Å². The third kappa shape index (κ3) is 4.88. The Labute approximate surface area is 143 Å². The molecule has 1 aromatic carbocycles. The van der Waals surface area contributed by atoms with Gasteiger partial charge in [-0.15, -0.1) is 0 Å². The van der Waals surface area contributed by atoms with E-state index in [9.17, 15) is 9.59 Å². The van der Waals surface area contributed by atoms with Gasteiger partial charge >= 0.3 is 6.09 Å². The van der Waals surface area contributed by atoms with Crippen LogP contribution in [0.5, 0.6) is 5.75 Å². The van der Waals surface area contributed by atoms with Gasteiger partial charge in [0.2, 0.25) is 0 Å².